The number of nitrogens with zero attached hydrogens (tertiary/aromatic N) is 2. The quantitative estimate of drug-likeness (QED) is 0.0277. The van der Waals surface area contributed by atoms with Gasteiger partial charge in [0.05, 0.1) is 13.2 Å². The number of aliphatic hydroxyl groups is 6. The molecule has 7 unspecified atom stereocenters. The number of halogens is 2. The standard InChI is InChI=1S/C36H54FN7O12.C35H50FN7O12/c1-19(2)28(42-25(46)9-5-4-6-15-44-26(47)16-20(3)33(44)51)32(50)41-23(8-7-14-39-35(38)53)31(49)40-22-12-10-21(11-13-22)18-55-36(54)43-29-30(48)27(37)24(17-45)56-34(29)52;1-19(2)28(41-24(45)8-4-3-5-16-43-25(46)13-14-26(43)47)32(50)40-22(7-6-15-38-34(37)52)31(49)39-21-11-9-20(10-12-21)18-54-35(53)42-29-30(48)27(36)23(17-44)55-33(29)51/h10-13,19-20,23-24,27-30,34,45,48,52H,4-9,14-18H2,1-3H3,(H,40,49)(H,41,50)(H,42,46)(H,43,54)(H3,38,39,53);9-14,19,22-23,27-30,33,44,48,51H,3-8,15-18H2,1-2H3,(H,39,49)(H,40,50)(H,41,45)(H,42,53)(H3,37,38,52)/t20?,23?,24-,27-,28?,29-,30+,34?;22?,23-,27-,28?,29-,30+,33?/m11/s1. The van der Waals surface area contributed by atoms with Crippen LogP contribution in [-0.2, 0) is 80.1 Å². The summed E-state index contributed by atoms with van der Waals surface area (Å²) in [4.78, 5) is 176. The van der Waals surface area contributed by atoms with Crippen molar-refractivity contribution in [3.8, 4) is 0 Å². The first kappa shape index (κ1) is 91.5. The molecule has 3 saturated heterocycles. The Kier molecular flexibility index (Phi) is 37.8. The van der Waals surface area contributed by atoms with Gasteiger partial charge in [0, 0.05) is 74.9 Å². The molecule has 6 rings (SSSR count). The molecule has 15 atom stereocenters. The fourth-order valence-corrected chi connectivity index (χ4v) is 11.8. The number of nitrogens with one attached hydrogen (secondary N) is 10. The Morgan fingerprint density at radius 2 is 0.910 bits per heavy atom. The minimum Gasteiger partial charge on any atom is -0.445 e. The number of hydrogen-bond acceptors (Lipinski definition) is 24. The summed E-state index contributed by atoms with van der Waals surface area (Å²) in [6.07, 6.45) is -9.91. The lowest BCUT2D eigenvalue weighted by atomic mass is 9.98. The first-order valence-corrected chi connectivity index (χ1v) is 36.5. The molecule has 4 aliphatic heterocycles. The monoisotopic (exact) mass is 1570 g/mol. The molecule has 0 saturated carbocycles. The van der Waals surface area contributed by atoms with Crippen molar-refractivity contribution in [2.24, 2.45) is 29.2 Å². The molecule has 111 heavy (non-hydrogen) atoms. The Morgan fingerprint density at radius 1 is 0.532 bits per heavy atom. The second-order valence-corrected chi connectivity index (χ2v) is 27.6. The number of nitrogens with two attached hydrogens (primary N) is 2. The van der Waals surface area contributed by atoms with Crippen molar-refractivity contribution in [2.75, 3.05) is 50.0 Å². The van der Waals surface area contributed by atoms with E-state index in [4.69, 9.17) is 40.6 Å². The van der Waals surface area contributed by atoms with Crippen LogP contribution in [0.2, 0.25) is 0 Å². The zero-order valence-electron chi connectivity index (χ0n) is 62.3. The van der Waals surface area contributed by atoms with E-state index < -0.39 is 147 Å². The van der Waals surface area contributed by atoms with E-state index >= 15 is 0 Å². The Hall–Kier alpha value is -10.1. The van der Waals surface area contributed by atoms with Crippen molar-refractivity contribution in [1.82, 2.24) is 52.3 Å². The third kappa shape index (κ3) is 29.9. The van der Waals surface area contributed by atoms with E-state index in [1.54, 1.807) is 34.6 Å². The number of primary amides is 2. The summed E-state index contributed by atoms with van der Waals surface area (Å²) >= 11 is 0. The van der Waals surface area contributed by atoms with Crippen LogP contribution in [0.4, 0.5) is 39.3 Å². The third-order valence-electron chi connectivity index (χ3n) is 18.1. The van der Waals surface area contributed by atoms with E-state index in [0.717, 1.165) is 4.90 Å². The summed E-state index contributed by atoms with van der Waals surface area (Å²) < 4.78 is 48.3. The number of likely N-dealkylation sites (tertiary alicyclic amines) is 1. The van der Waals surface area contributed by atoms with Crippen LogP contribution in [0.25, 0.3) is 0 Å². The highest BCUT2D eigenvalue weighted by Crippen LogP contribution is 2.26. The average molecular weight is 1580 g/mol. The van der Waals surface area contributed by atoms with Gasteiger partial charge in [-0.15, -0.1) is 0 Å². The maximum atomic E-state index is 14.2. The number of carbonyl (C=O) groups is 14. The van der Waals surface area contributed by atoms with Gasteiger partial charge in [-0.25, -0.2) is 28.0 Å². The van der Waals surface area contributed by atoms with Crippen LogP contribution in [0, 0.1) is 17.8 Å². The van der Waals surface area contributed by atoms with Gasteiger partial charge in [0.1, 0.15) is 73.9 Å². The second kappa shape index (κ2) is 45.9. The third-order valence-corrected chi connectivity index (χ3v) is 18.1. The minimum absolute atomic E-state index is 0.0917. The van der Waals surface area contributed by atoms with Crippen LogP contribution in [0.1, 0.15) is 129 Å². The molecule has 0 bridgehead atoms. The first-order chi connectivity index (χ1) is 52.6. The molecule has 2 aromatic rings. The number of ether oxygens (including phenoxy) is 4. The lowest BCUT2D eigenvalue weighted by Crippen LogP contribution is -2.63. The van der Waals surface area contributed by atoms with E-state index in [0.29, 0.717) is 67.6 Å². The summed E-state index contributed by atoms with van der Waals surface area (Å²) in [6, 6.07) is 3.35. The molecule has 3 fully saturated rings. The van der Waals surface area contributed by atoms with Crippen molar-refractivity contribution in [1.29, 1.82) is 0 Å². The van der Waals surface area contributed by atoms with Crippen LogP contribution in [-0.4, -0.2) is 249 Å². The lowest BCUT2D eigenvalue weighted by Gasteiger charge is -2.38. The summed E-state index contributed by atoms with van der Waals surface area (Å²) in [6.45, 7) is 7.29. The fourth-order valence-electron chi connectivity index (χ4n) is 11.8. The topological polar surface area (TPSA) is 576 Å². The van der Waals surface area contributed by atoms with Crippen LogP contribution in [0.5, 0.6) is 0 Å². The minimum atomic E-state index is -2.07. The Morgan fingerprint density at radius 3 is 1.25 bits per heavy atom. The molecule has 2 aromatic carbocycles. The van der Waals surface area contributed by atoms with Crippen molar-refractivity contribution in [3.05, 3.63) is 71.8 Å². The van der Waals surface area contributed by atoms with Gasteiger partial charge in [0.25, 0.3) is 11.8 Å². The summed E-state index contributed by atoms with van der Waals surface area (Å²) in [5, 5.41) is 83.7. The second-order valence-electron chi connectivity index (χ2n) is 27.6. The smallest absolute Gasteiger partial charge is 0.407 e. The molecule has 0 spiro atoms. The molecule has 4 aliphatic rings. The fraction of sp³-hybridized carbons (Fsp3) is 0.606. The zero-order valence-corrected chi connectivity index (χ0v) is 62.3. The maximum Gasteiger partial charge on any atom is 0.407 e. The number of alkyl carbamates (subject to hydrolysis) is 2. The van der Waals surface area contributed by atoms with Crippen LogP contribution in [0.15, 0.2) is 60.7 Å². The molecule has 38 nitrogen and oxygen atoms in total. The highest BCUT2D eigenvalue weighted by Gasteiger charge is 2.47. The number of anilines is 2. The Labute approximate surface area is 638 Å². The molecular formula is C71H104F2N14O24. The van der Waals surface area contributed by atoms with E-state index in [1.165, 1.54) is 65.6 Å². The number of imide groups is 2. The number of benzene rings is 2. The molecule has 4 heterocycles. The van der Waals surface area contributed by atoms with E-state index in [9.17, 15) is 96.3 Å². The Bertz CT molecular complexity index is 3510. The number of aliphatic hydroxyl groups excluding tert-OH is 6. The lowest BCUT2D eigenvalue weighted by molar-refractivity contribution is -0.239. The number of rotatable bonds is 40. The number of alkyl halides is 2. The molecule has 40 heteroatoms. The number of unbranched alkanes of at least 4 members (excludes halogenated alkanes) is 4. The van der Waals surface area contributed by atoms with E-state index in [1.807, 2.05) is 0 Å². The van der Waals surface area contributed by atoms with Gasteiger partial charge in [-0.05, 0) is 98.6 Å². The number of carbonyl (C=O) groups excluding carboxylic acids is 14. The molecule has 616 valence electrons. The normalized spacial score (nSPS) is 22.5. The molecule has 16 amide bonds. The zero-order chi connectivity index (χ0) is 82.2. The highest BCUT2D eigenvalue weighted by molar-refractivity contribution is 6.13. The van der Waals surface area contributed by atoms with Crippen molar-refractivity contribution < 1.29 is 125 Å². The van der Waals surface area contributed by atoms with E-state index in [2.05, 4.69) is 53.2 Å². The largest absolute Gasteiger partial charge is 0.445 e. The van der Waals surface area contributed by atoms with E-state index in [-0.39, 0.29) is 131 Å². The van der Waals surface area contributed by atoms with Gasteiger partial charge in [-0.2, -0.15) is 0 Å². The summed E-state index contributed by atoms with van der Waals surface area (Å²) in [5.74, 6) is -5.31. The molecule has 20 N–H and O–H groups in total. The van der Waals surface area contributed by atoms with Crippen molar-refractivity contribution in [3.63, 3.8) is 0 Å². The van der Waals surface area contributed by atoms with Gasteiger partial charge >= 0.3 is 24.2 Å². The van der Waals surface area contributed by atoms with Crippen molar-refractivity contribution in [2.45, 2.75) is 217 Å². The SMILES string of the molecule is CC(C)C(NC(=O)CCCCCN1C(=O)C=CC1=O)C(=O)NC(CCCNC(N)=O)C(=O)Nc1ccc(COC(=O)N[C@H]2C(O)O[C@H](CO)[C@@H](F)[C@@H]2O)cc1.CC1CC(=O)N(CCCCCC(=O)NC(C(=O)NC(CCCNC(N)=O)C(=O)Nc2ccc(COC(=O)N[C@H]3C(O)O[C@H](CO)[C@@H](F)[C@@H]3O)cc2)C(C)C)C1=O. The van der Waals surface area contributed by atoms with Gasteiger partial charge in [-0.3, -0.25) is 57.7 Å². The van der Waals surface area contributed by atoms with Gasteiger partial charge in [-0.1, -0.05) is 71.7 Å². The summed E-state index contributed by atoms with van der Waals surface area (Å²) in [7, 11) is 0. The van der Waals surface area contributed by atoms with Crippen LogP contribution >= 0.6 is 0 Å². The number of hydrogen-bond donors (Lipinski definition) is 18. The average Bonchev–Trinajstić information content (AvgIpc) is 1.79. The van der Waals surface area contributed by atoms with Gasteiger partial charge in [0.2, 0.25) is 47.3 Å². The predicted octanol–water partition coefficient (Wildman–Crippen LogP) is -1.15. The van der Waals surface area contributed by atoms with Crippen molar-refractivity contribution >= 4 is 94.7 Å². The predicted molar refractivity (Wildman–Crippen MR) is 386 cm³/mol. The molecule has 0 aliphatic carbocycles. The van der Waals surface area contributed by atoms with Gasteiger partial charge < -0.3 is 114 Å². The molecule has 0 radical (unpaired) electrons. The highest BCUT2D eigenvalue weighted by atomic mass is 19.1. The van der Waals surface area contributed by atoms with Gasteiger partial charge in [0.15, 0.2) is 24.9 Å². The number of urea groups is 2. The molecule has 0 aromatic heterocycles. The maximum absolute atomic E-state index is 14.2. The van der Waals surface area contributed by atoms with Crippen LogP contribution in [0.3, 0.4) is 0 Å². The summed E-state index contributed by atoms with van der Waals surface area (Å²) in [5.41, 5.74) is 11.8. The van der Waals surface area contributed by atoms with Crippen LogP contribution < -0.4 is 64.6 Å². The Balaban J connectivity index is 0.000000397. The number of amides is 16. The first-order valence-electron chi connectivity index (χ1n) is 36.5. The molecular weight excluding hydrogens is 1470 g/mol.